The van der Waals surface area contributed by atoms with E-state index in [4.69, 9.17) is 0 Å². The SMILES string of the molecule is CC(C)c1cccc(NC(=O)CCC2CCCNC2)c1. The van der Waals surface area contributed by atoms with Crippen LogP contribution in [0, 0.1) is 5.92 Å². The summed E-state index contributed by atoms with van der Waals surface area (Å²) in [4.78, 5) is 12.0. The van der Waals surface area contributed by atoms with Crippen molar-refractivity contribution in [3.05, 3.63) is 29.8 Å². The third-order valence-corrected chi connectivity index (χ3v) is 4.02. The number of hydrogen-bond acceptors (Lipinski definition) is 2. The van der Waals surface area contributed by atoms with Crippen molar-refractivity contribution in [1.82, 2.24) is 5.32 Å². The molecule has 2 rings (SSSR count). The van der Waals surface area contributed by atoms with Gasteiger partial charge in [0.2, 0.25) is 5.91 Å². The standard InChI is InChI=1S/C17H26N2O/c1-13(2)15-6-3-7-16(11-15)19-17(20)9-8-14-5-4-10-18-12-14/h3,6-7,11,13-14,18H,4-5,8-10,12H2,1-2H3,(H,19,20). The zero-order valence-electron chi connectivity index (χ0n) is 12.6. The van der Waals surface area contributed by atoms with Gasteiger partial charge in [-0.3, -0.25) is 4.79 Å². The highest BCUT2D eigenvalue weighted by Gasteiger charge is 2.14. The molecule has 1 aromatic rings. The first-order valence-corrected chi connectivity index (χ1v) is 7.75. The summed E-state index contributed by atoms with van der Waals surface area (Å²) in [5, 5.41) is 6.41. The van der Waals surface area contributed by atoms with E-state index in [0.29, 0.717) is 18.3 Å². The van der Waals surface area contributed by atoms with Crippen LogP contribution in [-0.2, 0) is 4.79 Å². The van der Waals surface area contributed by atoms with Crippen molar-refractivity contribution >= 4 is 11.6 Å². The molecule has 0 spiro atoms. The molecule has 0 saturated carbocycles. The van der Waals surface area contributed by atoms with Gasteiger partial charge < -0.3 is 10.6 Å². The molecule has 0 aromatic heterocycles. The third kappa shape index (κ3) is 4.64. The van der Waals surface area contributed by atoms with E-state index < -0.39 is 0 Å². The van der Waals surface area contributed by atoms with Gasteiger partial charge in [0.05, 0.1) is 0 Å². The maximum Gasteiger partial charge on any atom is 0.224 e. The molecule has 1 saturated heterocycles. The van der Waals surface area contributed by atoms with Crippen LogP contribution in [0.1, 0.15) is 51.0 Å². The highest BCUT2D eigenvalue weighted by Crippen LogP contribution is 2.20. The van der Waals surface area contributed by atoms with Crippen molar-refractivity contribution in [2.24, 2.45) is 5.92 Å². The van der Waals surface area contributed by atoms with Crippen molar-refractivity contribution < 1.29 is 4.79 Å². The van der Waals surface area contributed by atoms with E-state index in [1.54, 1.807) is 0 Å². The predicted molar refractivity (Wildman–Crippen MR) is 84.0 cm³/mol. The van der Waals surface area contributed by atoms with Gasteiger partial charge in [0.15, 0.2) is 0 Å². The molecule has 1 amide bonds. The molecule has 1 aliphatic rings. The maximum absolute atomic E-state index is 12.0. The van der Waals surface area contributed by atoms with Crippen LogP contribution in [0.25, 0.3) is 0 Å². The molecule has 110 valence electrons. The lowest BCUT2D eigenvalue weighted by Crippen LogP contribution is -2.30. The Kier molecular flexibility index (Phi) is 5.60. The second-order valence-corrected chi connectivity index (χ2v) is 6.08. The predicted octanol–water partition coefficient (Wildman–Crippen LogP) is 3.53. The maximum atomic E-state index is 12.0. The van der Waals surface area contributed by atoms with Crippen molar-refractivity contribution in [3.8, 4) is 0 Å². The van der Waals surface area contributed by atoms with E-state index in [0.717, 1.165) is 25.2 Å². The Morgan fingerprint density at radius 1 is 1.45 bits per heavy atom. The minimum atomic E-state index is 0.136. The Balaban J connectivity index is 1.80. The van der Waals surface area contributed by atoms with E-state index in [1.807, 2.05) is 12.1 Å². The van der Waals surface area contributed by atoms with Crippen molar-refractivity contribution in [2.45, 2.75) is 45.4 Å². The first kappa shape index (κ1) is 15.0. The average Bonchev–Trinajstić information content (AvgIpc) is 2.46. The highest BCUT2D eigenvalue weighted by atomic mass is 16.1. The minimum absolute atomic E-state index is 0.136. The second-order valence-electron chi connectivity index (χ2n) is 6.08. The summed E-state index contributed by atoms with van der Waals surface area (Å²) in [6.07, 6.45) is 4.10. The molecule has 1 unspecified atom stereocenters. The smallest absolute Gasteiger partial charge is 0.224 e. The van der Waals surface area contributed by atoms with Crippen LogP contribution in [0.5, 0.6) is 0 Å². The topological polar surface area (TPSA) is 41.1 Å². The van der Waals surface area contributed by atoms with E-state index in [-0.39, 0.29) is 5.91 Å². The summed E-state index contributed by atoms with van der Waals surface area (Å²) in [6, 6.07) is 8.15. The van der Waals surface area contributed by atoms with Gasteiger partial charge in [0, 0.05) is 12.1 Å². The average molecular weight is 274 g/mol. The molecule has 0 bridgehead atoms. The van der Waals surface area contributed by atoms with Gasteiger partial charge in [-0.25, -0.2) is 0 Å². The van der Waals surface area contributed by atoms with E-state index in [2.05, 4.69) is 36.6 Å². The molecule has 1 aromatic carbocycles. The molecule has 20 heavy (non-hydrogen) atoms. The molecule has 3 heteroatoms. The number of rotatable bonds is 5. The summed E-state index contributed by atoms with van der Waals surface area (Å²) in [6.45, 7) is 6.52. The quantitative estimate of drug-likeness (QED) is 0.862. The van der Waals surface area contributed by atoms with Crippen molar-refractivity contribution in [3.63, 3.8) is 0 Å². The lowest BCUT2D eigenvalue weighted by Gasteiger charge is -2.22. The van der Waals surface area contributed by atoms with E-state index in [1.165, 1.54) is 18.4 Å². The van der Waals surface area contributed by atoms with E-state index in [9.17, 15) is 4.79 Å². The van der Waals surface area contributed by atoms with Crippen molar-refractivity contribution in [1.29, 1.82) is 0 Å². The number of carbonyl (C=O) groups is 1. The first-order valence-electron chi connectivity index (χ1n) is 7.75. The van der Waals surface area contributed by atoms with Gasteiger partial charge >= 0.3 is 0 Å². The van der Waals surface area contributed by atoms with Crippen LogP contribution in [-0.4, -0.2) is 19.0 Å². The molecule has 1 aliphatic heterocycles. The Morgan fingerprint density at radius 2 is 2.30 bits per heavy atom. The number of piperidine rings is 1. The first-order chi connectivity index (χ1) is 9.65. The lowest BCUT2D eigenvalue weighted by molar-refractivity contribution is -0.116. The van der Waals surface area contributed by atoms with Gasteiger partial charge in [-0.2, -0.15) is 0 Å². The van der Waals surface area contributed by atoms with Gasteiger partial charge in [0.25, 0.3) is 0 Å². The molecular formula is C17H26N2O. The molecule has 0 aliphatic carbocycles. The summed E-state index contributed by atoms with van der Waals surface area (Å²) >= 11 is 0. The Hall–Kier alpha value is -1.35. The Labute approximate surface area is 122 Å². The van der Waals surface area contributed by atoms with Crippen LogP contribution in [0.2, 0.25) is 0 Å². The van der Waals surface area contributed by atoms with E-state index >= 15 is 0 Å². The third-order valence-electron chi connectivity index (χ3n) is 4.02. The van der Waals surface area contributed by atoms with Crippen LogP contribution in [0.4, 0.5) is 5.69 Å². The molecule has 1 fully saturated rings. The van der Waals surface area contributed by atoms with Crippen LogP contribution in [0.3, 0.4) is 0 Å². The zero-order chi connectivity index (χ0) is 14.4. The zero-order valence-corrected chi connectivity index (χ0v) is 12.6. The normalized spacial score (nSPS) is 19.1. The Morgan fingerprint density at radius 3 is 3.00 bits per heavy atom. The number of benzene rings is 1. The van der Waals surface area contributed by atoms with Crippen molar-refractivity contribution in [2.75, 3.05) is 18.4 Å². The molecule has 0 radical (unpaired) electrons. The van der Waals surface area contributed by atoms with Gasteiger partial charge in [-0.1, -0.05) is 26.0 Å². The molecule has 1 heterocycles. The summed E-state index contributed by atoms with van der Waals surface area (Å²) < 4.78 is 0. The van der Waals surface area contributed by atoms with Gasteiger partial charge in [-0.05, 0) is 61.9 Å². The monoisotopic (exact) mass is 274 g/mol. The number of amides is 1. The summed E-state index contributed by atoms with van der Waals surface area (Å²) in [7, 11) is 0. The fraction of sp³-hybridized carbons (Fsp3) is 0.588. The number of carbonyl (C=O) groups excluding carboxylic acids is 1. The fourth-order valence-electron chi connectivity index (χ4n) is 2.70. The summed E-state index contributed by atoms with van der Waals surface area (Å²) in [5.41, 5.74) is 2.18. The largest absolute Gasteiger partial charge is 0.326 e. The second kappa shape index (κ2) is 7.44. The number of anilines is 1. The number of nitrogens with one attached hydrogen (secondary N) is 2. The highest BCUT2D eigenvalue weighted by molar-refractivity contribution is 5.90. The molecule has 2 N–H and O–H groups in total. The van der Waals surface area contributed by atoms with Crippen LogP contribution in [0.15, 0.2) is 24.3 Å². The molecule has 1 atom stereocenters. The van der Waals surface area contributed by atoms with Gasteiger partial charge in [0.1, 0.15) is 0 Å². The molecular weight excluding hydrogens is 248 g/mol. The molecule has 3 nitrogen and oxygen atoms in total. The van der Waals surface area contributed by atoms with Gasteiger partial charge in [-0.15, -0.1) is 0 Å². The van der Waals surface area contributed by atoms with Crippen LogP contribution < -0.4 is 10.6 Å². The summed E-state index contributed by atoms with van der Waals surface area (Å²) in [5.74, 6) is 1.29. The lowest BCUT2D eigenvalue weighted by atomic mass is 9.94. The fourth-order valence-corrected chi connectivity index (χ4v) is 2.70. The number of hydrogen-bond donors (Lipinski definition) is 2. The minimum Gasteiger partial charge on any atom is -0.326 e. The van der Waals surface area contributed by atoms with Crippen LogP contribution >= 0.6 is 0 Å². The Bertz CT molecular complexity index is 436.